The molecule has 0 heterocycles. The Morgan fingerprint density at radius 1 is 1.53 bits per heavy atom. The van der Waals surface area contributed by atoms with Crippen LogP contribution in [0.3, 0.4) is 0 Å². The van der Waals surface area contributed by atoms with E-state index in [4.69, 9.17) is 21.2 Å². The van der Waals surface area contributed by atoms with E-state index in [1.54, 1.807) is 0 Å². The number of aliphatic carboxylic acids is 1. The molecule has 0 bridgehead atoms. The molecule has 8 heteroatoms. The summed E-state index contributed by atoms with van der Waals surface area (Å²) >= 11 is 5.39. The third-order valence-corrected chi connectivity index (χ3v) is 3.89. The minimum Gasteiger partial charge on any atom is -0.480 e. The topological polar surface area (TPSA) is 92.7 Å². The average Bonchev–Trinajstić information content (AvgIpc) is 2.20. The van der Waals surface area contributed by atoms with Crippen LogP contribution in [0, 0.1) is 0 Å². The Kier molecular flexibility index (Phi) is 7.43. The third kappa shape index (κ3) is 8.18. The quantitative estimate of drug-likeness (QED) is 0.515. The van der Waals surface area contributed by atoms with E-state index < -0.39 is 25.3 Å². The van der Waals surface area contributed by atoms with Crippen LogP contribution in [-0.4, -0.2) is 48.3 Å². The number of rotatable bonds is 8. The molecule has 0 saturated heterocycles. The van der Waals surface area contributed by atoms with E-state index in [9.17, 15) is 14.2 Å². The van der Waals surface area contributed by atoms with Gasteiger partial charge in [0.2, 0.25) is 5.91 Å². The lowest BCUT2D eigenvalue weighted by molar-refractivity contribution is -0.141. The van der Waals surface area contributed by atoms with E-state index in [0.717, 1.165) is 0 Å². The van der Waals surface area contributed by atoms with Crippen molar-refractivity contribution >= 4 is 30.8 Å². The molecular weight excluding hydrogens is 269 g/mol. The highest BCUT2D eigenvalue weighted by Crippen LogP contribution is 2.43. The van der Waals surface area contributed by atoms with Gasteiger partial charge in [0.25, 0.3) is 0 Å². The summed E-state index contributed by atoms with van der Waals surface area (Å²) in [5, 5.41) is 11.1. The molecule has 0 saturated carbocycles. The van der Waals surface area contributed by atoms with E-state index in [-0.39, 0.29) is 25.1 Å². The number of carbonyl (C=O) groups excluding carboxylic acids is 1. The maximum atomic E-state index is 11.8. The summed E-state index contributed by atoms with van der Waals surface area (Å²) < 4.78 is 16.8. The zero-order valence-corrected chi connectivity index (χ0v) is 11.5. The molecule has 0 spiro atoms. The highest BCUT2D eigenvalue weighted by Gasteiger charge is 2.23. The summed E-state index contributed by atoms with van der Waals surface area (Å²) in [7, 11) is -2.85. The smallest absolute Gasteiger partial charge is 0.326 e. The molecule has 0 radical (unpaired) electrons. The summed E-state index contributed by atoms with van der Waals surface area (Å²) in [6, 6.07) is -1.04. The van der Waals surface area contributed by atoms with Gasteiger partial charge in [-0.3, -0.25) is 9.36 Å². The lowest BCUT2D eigenvalue weighted by Gasteiger charge is -2.17. The van der Waals surface area contributed by atoms with Crippen molar-refractivity contribution in [3.05, 3.63) is 0 Å². The number of carbonyl (C=O) groups is 2. The van der Waals surface area contributed by atoms with Gasteiger partial charge < -0.3 is 14.9 Å². The number of carboxylic acids is 1. The van der Waals surface area contributed by atoms with Gasteiger partial charge in [-0.15, -0.1) is 11.6 Å². The number of hydrogen-bond acceptors (Lipinski definition) is 4. The predicted octanol–water partition coefficient (Wildman–Crippen LogP) is 1.13. The molecule has 2 unspecified atom stereocenters. The Balaban J connectivity index is 4.24. The second kappa shape index (κ2) is 7.69. The fourth-order valence-electron chi connectivity index (χ4n) is 1.16. The Hall–Kier alpha value is -0.580. The Morgan fingerprint density at radius 3 is 2.53 bits per heavy atom. The lowest BCUT2D eigenvalue weighted by atomic mass is 10.2. The van der Waals surface area contributed by atoms with Gasteiger partial charge >= 0.3 is 5.97 Å². The summed E-state index contributed by atoms with van der Waals surface area (Å²) in [5.41, 5.74) is 0. The third-order valence-electron chi connectivity index (χ3n) is 1.94. The summed E-state index contributed by atoms with van der Waals surface area (Å²) in [4.78, 5) is 21.6. The first-order valence-corrected chi connectivity index (χ1v) is 7.84. The van der Waals surface area contributed by atoms with Gasteiger partial charge in [0, 0.05) is 25.6 Å². The SMILES string of the molecule is CC(=O)NC(CCP(C)(=O)OCCCl)C(=O)O. The summed E-state index contributed by atoms with van der Waals surface area (Å²) in [6.07, 6.45) is 0.145. The molecule has 0 aromatic carbocycles. The standard InChI is InChI=1S/C9H17ClNO5P/c1-7(12)11-8(9(13)14)3-6-17(2,15)16-5-4-10/h8H,3-6H2,1-2H3,(H,11,12)(H,13,14). The van der Waals surface area contributed by atoms with E-state index in [0.29, 0.717) is 0 Å². The van der Waals surface area contributed by atoms with Crippen LogP contribution in [0.15, 0.2) is 0 Å². The fraction of sp³-hybridized carbons (Fsp3) is 0.778. The maximum Gasteiger partial charge on any atom is 0.326 e. The van der Waals surface area contributed by atoms with Gasteiger partial charge in [0.05, 0.1) is 6.61 Å². The first-order chi connectivity index (χ1) is 7.78. The van der Waals surface area contributed by atoms with Gasteiger partial charge in [-0.05, 0) is 6.42 Å². The van der Waals surface area contributed by atoms with E-state index >= 15 is 0 Å². The zero-order chi connectivity index (χ0) is 13.5. The van der Waals surface area contributed by atoms with Crippen molar-refractivity contribution in [1.82, 2.24) is 5.32 Å². The number of nitrogens with one attached hydrogen (secondary N) is 1. The molecule has 0 fully saturated rings. The highest BCUT2D eigenvalue weighted by atomic mass is 35.5. The van der Waals surface area contributed by atoms with Crippen molar-refractivity contribution in [1.29, 1.82) is 0 Å². The number of alkyl halides is 1. The second-order valence-corrected chi connectivity index (χ2v) is 6.75. The molecule has 0 aliphatic carbocycles. The first kappa shape index (κ1) is 16.4. The highest BCUT2D eigenvalue weighted by molar-refractivity contribution is 7.58. The summed E-state index contributed by atoms with van der Waals surface area (Å²) in [5.74, 6) is -1.37. The van der Waals surface area contributed by atoms with Gasteiger partial charge in [-0.2, -0.15) is 0 Å². The van der Waals surface area contributed by atoms with Crippen LogP contribution in [0.5, 0.6) is 0 Å². The molecule has 6 nitrogen and oxygen atoms in total. The summed E-state index contributed by atoms with van der Waals surface area (Å²) in [6.45, 7) is 2.81. The normalized spacial score (nSPS) is 15.9. The minimum absolute atomic E-state index is 0.0605. The van der Waals surface area contributed by atoms with Crippen LogP contribution < -0.4 is 5.32 Å². The molecule has 0 aliphatic rings. The molecule has 17 heavy (non-hydrogen) atoms. The van der Waals surface area contributed by atoms with Crippen LogP contribution in [-0.2, 0) is 18.7 Å². The van der Waals surface area contributed by atoms with E-state index in [2.05, 4.69) is 5.32 Å². The van der Waals surface area contributed by atoms with Crippen molar-refractivity contribution in [3.63, 3.8) is 0 Å². The molecule has 0 aliphatic heterocycles. The van der Waals surface area contributed by atoms with Gasteiger partial charge in [-0.25, -0.2) is 4.79 Å². The van der Waals surface area contributed by atoms with Crippen LogP contribution in [0.2, 0.25) is 0 Å². The van der Waals surface area contributed by atoms with Crippen molar-refractivity contribution in [2.24, 2.45) is 0 Å². The van der Waals surface area contributed by atoms with Crippen LogP contribution in [0.1, 0.15) is 13.3 Å². The largest absolute Gasteiger partial charge is 0.480 e. The van der Waals surface area contributed by atoms with Crippen molar-refractivity contribution in [2.45, 2.75) is 19.4 Å². The van der Waals surface area contributed by atoms with Gasteiger partial charge in [0.15, 0.2) is 7.37 Å². The van der Waals surface area contributed by atoms with E-state index in [1.807, 2.05) is 0 Å². The fourth-order valence-corrected chi connectivity index (χ4v) is 2.68. The molecule has 2 N–H and O–H groups in total. The van der Waals surface area contributed by atoms with Crippen LogP contribution in [0.25, 0.3) is 0 Å². The van der Waals surface area contributed by atoms with Crippen molar-refractivity contribution in [2.75, 3.05) is 25.3 Å². The van der Waals surface area contributed by atoms with E-state index in [1.165, 1.54) is 13.6 Å². The average molecular weight is 286 g/mol. The molecule has 100 valence electrons. The van der Waals surface area contributed by atoms with Crippen molar-refractivity contribution < 1.29 is 23.8 Å². The first-order valence-electron chi connectivity index (χ1n) is 5.05. The number of halogens is 1. The molecule has 0 aromatic rings. The maximum absolute atomic E-state index is 11.8. The Labute approximate surface area is 105 Å². The molecule has 1 amide bonds. The number of hydrogen-bond donors (Lipinski definition) is 2. The lowest BCUT2D eigenvalue weighted by Crippen LogP contribution is -2.40. The molecule has 0 rings (SSSR count). The Morgan fingerprint density at radius 2 is 2.12 bits per heavy atom. The predicted molar refractivity (Wildman–Crippen MR) is 64.9 cm³/mol. The monoisotopic (exact) mass is 285 g/mol. The molecular formula is C9H17ClNO5P. The van der Waals surface area contributed by atoms with Crippen LogP contribution >= 0.6 is 19.0 Å². The minimum atomic E-state index is -2.85. The second-order valence-electron chi connectivity index (χ2n) is 3.64. The van der Waals surface area contributed by atoms with Gasteiger partial charge in [0.1, 0.15) is 6.04 Å². The van der Waals surface area contributed by atoms with Crippen molar-refractivity contribution in [3.8, 4) is 0 Å². The number of amides is 1. The zero-order valence-electron chi connectivity index (χ0n) is 9.81. The molecule has 0 aromatic heterocycles. The van der Waals surface area contributed by atoms with Gasteiger partial charge in [-0.1, -0.05) is 0 Å². The van der Waals surface area contributed by atoms with Crippen LogP contribution in [0.4, 0.5) is 0 Å². The number of carboxylic acid groups (broad SMARTS) is 1. The Bertz CT molecular complexity index is 323. The molecule has 2 atom stereocenters.